The third-order valence-electron chi connectivity index (χ3n) is 6.36. The molecule has 4 rings (SSSR count). The van der Waals surface area contributed by atoms with Gasteiger partial charge in [-0.05, 0) is 52.1 Å². The van der Waals surface area contributed by atoms with Gasteiger partial charge in [0.25, 0.3) is 0 Å². The fourth-order valence-corrected chi connectivity index (χ4v) is 4.54. The number of rotatable bonds is 5. The minimum atomic E-state index is 0.132. The van der Waals surface area contributed by atoms with Crippen LogP contribution >= 0.6 is 0 Å². The van der Waals surface area contributed by atoms with Crippen LogP contribution in [0.2, 0.25) is 0 Å². The summed E-state index contributed by atoms with van der Waals surface area (Å²) in [7, 11) is 0. The van der Waals surface area contributed by atoms with Gasteiger partial charge in [0, 0.05) is 37.5 Å². The molecule has 7 heteroatoms. The Morgan fingerprint density at radius 3 is 2.67 bits per heavy atom. The lowest BCUT2D eigenvalue weighted by molar-refractivity contribution is -0.128. The lowest BCUT2D eigenvalue weighted by Gasteiger charge is -2.38. The highest BCUT2D eigenvalue weighted by atomic mass is 16.5. The number of hydrogen-bond donors (Lipinski definition) is 0. The molecule has 2 aliphatic rings. The van der Waals surface area contributed by atoms with Crippen LogP contribution in [0.3, 0.4) is 0 Å². The van der Waals surface area contributed by atoms with Crippen LogP contribution < -0.4 is 0 Å². The number of likely N-dealkylation sites (tertiary alicyclic amines) is 2. The second-order valence-electron chi connectivity index (χ2n) is 8.13. The Morgan fingerprint density at radius 1 is 1.22 bits per heavy atom. The Bertz CT molecular complexity index is 797. The van der Waals surface area contributed by atoms with E-state index in [-0.39, 0.29) is 11.3 Å². The van der Waals surface area contributed by atoms with Crippen molar-refractivity contribution in [2.75, 3.05) is 19.6 Å². The number of carbonyl (C=O) groups is 1. The average Bonchev–Trinajstić information content (AvgIpc) is 3.32. The number of aromatic nitrogens is 3. The van der Waals surface area contributed by atoms with Gasteiger partial charge in [-0.3, -0.25) is 9.69 Å². The van der Waals surface area contributed by atoms with E-state index in [1.807, 2.05) is 31.1 Å². The zero-order valence-corrected chi connectivity index (χ0v) is 16.6. The summed E-state index contributed by atoms with van der Waals surface area (Å²) in [6, 6.07) is 0. The third-order valence-corrected chi connectivity index (χ3v) is 6.36. The van der Waals surface area contributed by atoms with Crippen LogP contribution in [0.1, 0.15) is 49.0 Å². The SMILES string of the molecule is CCn1ccnc1CN1CCC2(CC1)CC(=O)N(Cc1c(C)noc1C)C2. The summed E-state index contributed by atoms with van der Waals surface area (Å²) in [5.41, 5.74) is 2.08. The predicted molar refractivity (Wildman–Crippen MR) is 101 cm³/mol. The van der Waals surface area contributed by atoms with E-state index in [0.29, 0.717) is 13.0 Å². The molecule has 0 radical (unpaired) electrons. The maximum Gasteiger partial charge on any atom is 0.223 e. The summed E-state index contributed by atoms with van der Waals surface area (Å²) in [5.74, 6) is 2.23. The fraction of sp³-hybridized carbons (Fsp3) is 0.650. The number of aryl methyl sites for hydroxylation is 3. The molecule has 146 valence electrons. The van der Waals surface area contributed by atoms with Crippen molar-refractivity contribution in [3.63, 3.8) is 0 Å². The largest absolute Gasteiger partial charge is 0.361 e. The highest BCUT2D eigenvalue weighted by molar-refractivity contribution is 5.79. The molecule has 0 atom stereocenters. The molecule has 0 aromatic carbocycles. The number of nitrogens with zero attached hydrogens (tertiary/aromatic N) is 5. The Labute approximate surface area is 160 Å². The van der Waals surface area contributed by atoms with Gasteiger partial charge in [0.1, 0.15) is 11.6 Å². The zero-order chi connectivity index (χ0) is 19.0. The first-order valence-corrected chi connectivity index (χ1v) is 9.91. The average molecular weight is 371 g/mol. The summed E-state index contributed by atoms with van der Waals surface area (Å²) in [5, 5.41) is 4.02. The van der Waals surface area contributed by atoms with Crippen molar-refractivity contribution < 1.29 is 9.32 Å². The molecular formula is C20H29N5O2. The van der Waals surface area contributed by atoms with Crippen molar-refractivity contribution in [2.24, 2.45) is 5.41 Å². The predicted octanol–water partition coefficient (Wildman–Crippen LogP) is 2.52. The molecule has 2 fully saturated rings. The van der Waals surface area contributed by atoms with E-state index in [2.05, 4.69) is 26.5 Å². The normalized spacial score (nSPS) is 20.1. The van der Waals surface area contributed by atoms with Crippen LogP contribution in [0.5, 0.6) is 0 Å². The van der Waals surface area contributed by atoms with Crippen molar-refractivity contribution in [3.05, 3.63) is 35.2 Å². The molecule has 0 bridgehead atoms. The Morgan fingerprint density at radius 2 is 2.00 bits per heavy atom. The molecule has 0 saturated carbocycles. The molecule has 1 amide bonds. The second kappa shape index (κ2) is 7.11. The molecule has 2 saturated heterocycles. The number of hydrogen-bond acceptors (Lipinski definition) is 5. The van der Waals surface area contributed by atoms with Crippen LogP contribution in [0, 0.1) is 19.3 Å². The third kappa shape index (κ3) is 3.52. The van der Waals surface area contributed by atoms with Crippen molar-refractivity contribution in [3.8, 4) is 0 Å². The summed E-state index contributed by atoms with van der Waals surface area (Å²) >= 11 is 0. The first-order valence-electron chi connectivity index (χ1n) is 9.91. The number of amides is 1. The lowest BCUT2D eigenvalue weighted by atomic mass is 9.77. The van der Waals surface area contributed by atoms with Gasteiger partial charge in [0.15, 0.2) is 0 Å². The summed E-state index contributed by atoms with van der Waals surface area (Å²) in [6.07, 6.45) is 6.75. The molecule has 4 heterocycles. The molecule has 0 unspecified atom stereocenters. The van der Waals surface area contributed by atoms with Crippen LogP contribution in [0.25, 0.3) is 0 Å². The van der Waals surface area contributed by atoms with Gasteiger partial charge in [0.05, 0.1) is 18.8 Å². The van der Waals surface area contributed by atoms with Crippen molar-refractivity contribution in [2.45, 2.75) is 59.7 Å². The van der Waals surface area contributed by atoms with E-state index >= 15 is 0 Å². The smallest absolute Gasteiger partial charge is 0.223 e. The van der Waals surface area contributed by atoms with E-state index in [4.69, 9.17) is 4.52 Å². The molecular weight excluding hydrogens is 342 g/mol. The molecule has 2 aromatic rings. The highest BCUT2D eigenvalue weighted by Gasteiger charge is 2.45. The van der Waals surface area contributed by atoms with Gasteiger partial charge in [-0.2, -0.15) is 0 Å². The molecule has 0 aliphatic carbocycles. The van der Waals surface area contributed by atoms with Crippen LogP contribution in [-0.2, 0) is 24.4 Å². The molecule has 2 aromatic heterocycles. The van der Waals surface area contributed by atoms with Crippen molar-refractivity contribution in [1.82, 2.24) is 24.5 Å². The monoisotopic (exact) mass is 371 g/mol. The van der Waals surface area contributed by atoms with Gasteiger partial charge in [-0.15, -0.1) is 0 Å². The summed E-state index contributed by atoms with van der Waals surface area (Å²) in [4.78, 5) is 21.6. The summed E-state index contributed by atoms with van der Waals surface area (Å²) < 4.78 is 7.46. The zero-order valence-electron chi connectivity index (χ0n) is 16.6. The topological polar surface area (TPSA) is 67.4 Å². The first-order chi connectivity index (χ1) is 13.0. The van der Waals surface area contributed by atoms with Gasteiger partial charge in [-0.25, -0.2) is 4.98 Å². The van der Waals surface area contributed by atoms with Crippen molar-refractivity contribution in [1.29, 1.82) is 0 Å². The Balaban J connectivity index is 1.36. The fourth-order valence-electron chi connectivity index (χ4n) is 4.54. The van der Waals surface area contributed by atoms with E-state index in [1.54, 1.807) is 0 Å². The molecule has 0 N–H and O–H groups in total. The van der Waals surface area contributed by atoms with Crippen LogP contribution in [-0.4, -0.2) is 50.0 Å². The Kier molecular flexibility index (Phi) is 4.80. The van der Waals surface area contributed by atoms with Gasteiger partial charge in [-0.1, -0.05) is 5.16 Å². The minimum absolute atomic E-state index is 0.132. The van der Waals surface area contributed by atoms with E-state index in [9.17, 15) is 4.79 Å². The van der Waals surface area contributed by atoms with Gasteiger partial charge < -0.3 is 14.0 Å². The number of piperidine rings is 1. The van der Waals surface area contributed by atoms with Crippen molar-refractivity contribution >= 4 is 5.91 Å². The van der Waals surface area contributed by atoms with Gasteiger partial charge >= 0.3 is 0 Å². The number of imidazole rings is 1. The maximum absolute atomic E-state index is 12.7. The summed E-state index contributed by atoms with van der Waals surface area (Å²) in [6.45, 7) is 11.4. The quantitative estimate of drug-likeness (QED) is 0.808. The molecule has 1 spiro atoms. The maximum atomic E-state index is 12.7. The first kappa shape index (κ1) is 18.2. The second-order valence-corrected chi connectivity index (χ2v) is 8.13. The molecule has 27 heavy (non-hydrogen) atoms. The number of carbonyl (C=O) groups excluding carboxylic acids is 1. The minimum Gasteiger partial charge on any atom is -0.361 e. The van der Waals surface area contributed by atoms with Crippen LogP contribution in [0.15, 0.2) is 16.9 Å². The molecule has 7 nitrogen and oxygen atoms in total. The van der Waals surface area contributed by atoms with Crippen LogP contribution in [0.4, 0.5) is 0 Å². The Hall–Kier alpha value is -2.15. The standard InChI is InChI=1S/C20H29N5O2/c1-4-24-10-7-21-18(24)13-23-8-5-20(6-9-23)11-19(26)25(14-20)12-17-15(2)22-27-16(17)3/h7,10H,4-6,8-9,11-14H2,1-3H3. The highest BCUT2D eigenvalue weighted by Crippen LogP contribution is 2.42. The van der Waals surface area contributed by atoms with E-state index in [1.165, 1.54) is 0 Å². The molecule has 2 aliphatic heterocycles. The van der Waals surface area contributed by atoms with E-state index in [0.717, 1.165) is 68.4 Å². The van der Waals surface area contributed by atoms with Gasteiger partial charge in [0.2, 0.25) is 5.91 Å². The van der Waals surface area contributed by atoms with E-state index < -0.39 is 0 Å². The lowest BCUT2D eigenvalue weighted by Crippen LogP contribution is -2.41.